The molecule has 0 unspecified atom stereocenters. The van der Waals surface area contributed by atoms with Crippen LogP contribution in [0.2, 0.25) is 0 Å². The van der Waals surface area contributed by atoms with Crippen molar-refractivity contribution < 1.29 is 13.9 Å². The van der Waals surface area contributed by atoms with Crippen LogP contribution in [-0.4, -0.2) is 47.8 Å². The molecule has 32 heavy (non-hydrogen) atoms. The van der Waals surface area contributed by atoms with Crippen molar-refractivity contribution >= 4 is 12.0 Å². The smallest absolute Gasteiger partial charge is 0.410 e. The third-order valence-corrected chi connectivity index (χ3v) is 6.84. The number of nitrogens with zero attached hydrogens (tertiary/aromatic N) is 3. The molecule has 2 aliphatic rings. The van der Waals surface area contributed by atoms with Gasteiger partial charge in [-0.05, 0) is 67.7 Å². The molecule has 1 fully saturated rings. The average Bonchev–Trinajstić information content (AvgIpc) is 3.20. The summed E-state index contributed by atoms with van der Waals surface area (Å²) in [6.45, 7) is 17.6. The second-order valence-electron chi connectivity index (χ2n) is 11.5. The van der Waals surface area contributed by atoms with Crippen LogP contribution in [0, 0.1) is 0 Å². The molecule has 2 aromatic rings. The Morgan fingerprint density at radius 3 is 2.25 bits per heavy atom. The number of hydrogen-bond donors (Lipinski definition) is 0. The lowest BCUT2D eigenvalue weighted by Crippen LogP contribution is -2.50. The molecule has 0 N–H and O–H groups in total. The van der Waals surface area contributed by atoms with Crippen molar-refractivity contribution in [3.05, 3.63) is 35.5 Å². The van der Waals surface area contributed by atoms with E-state index < -0.39 is 5.60 Å². The number of fused-ring (bicyclic) bond motifs is 1. The van der Waals surface area contributed by atoms with Gasteiger partial charge in [0.15, 0.2) is 0 Å². The Labute approximate surface area is 191 Å². The highest BCUT2D eigenvalue weighted by Crippen LogP contribution is 2.46. The van der Waals surface area contributed by atoms with Crippen LogP contribution in [-0.2, 0) is 15.6 Å². The zero-order valence-corrected chi connectivity index (χ0v) is 20.6. The molecular formula is C26H37N3O3. The first-order chi connectivity index (χ1) is 14.9. The normalized spacial score (nSPS) is 20.1. The molecule has 1 aliphatic carbocycles. The van der Waals surface area contributed by atoms with Crippen molar-refractivity contribution in [1.29, 1.82) is 0 Å². The van der Waals surface area contributed by atoms with E-state index in [2.05, 4.69) is 55.8 Å². The highest BCUT2D eigenvalue weighted by Gasteiger charge is 2.37. The van der Waals surface area contributed by atoms with Gasteiger partial charge in [0.2, 0.25) is 11.8 Å². The molecule has 6 nitrogen and oxygen atoms in total. The van der Waals surface area contributed by atoms with Crippen LogP contribution in [0.15, 0.2) is 28.8 Å². The number of benzene rings is 1. The first-order valence-corrected chi connectivity index (χ1v) is 11.7. The summed E-state index contributed by atoms with van der Waals surface area (Å²) in [6.07, 6.45) is 3.92. The quantitative estimate of drug-likeness (QED) is 0.596. The van der Waals surface area contributed by atoms with Crippen molar-refractivity contribution in [1.82, 2.24) is 9.88 Å². The monoisotopic (exact) mass is 439 g/mol. The molecule has 1 aliphatic heterocycles. The predicted molar refractivity (Wildman–Crippen MR) is 127 cm³/mol. The van der Waals surface area contributed by atoms with E-state index in [1.54, 1.807) is 11.1 Å². The summed E-state index contributed by atoms with van der Waals surface area (Å²) in [5.41, 5.74) is 3.72. The maximum Gasteiger partial charge on any atom is 0.410 e. The zero-order valence-electron chi connectivity index (χ0n) is 20.6. The number of anilines is 1. The molecule has 2 heterocycles. The summed E-state index contributed by atoms with van der Waals surface area (Å²) < 4.78 is 11.7. The highest BCUT2D eigenvalue weighted by molar-refractivity contribution is 5.68. The van der Waals surface area contributed by atoms with Crippen LogP contribution in [0.1, 0.15) is 72.4 Å². The van der Waals surface area contributed by atoms with Gasteiger partial charge in [0, 0.05) is 31.7 Å². The van der Waals surface area contributed by atoms with Crippen molar-refractivity contribution in [2.24, 2.45) is 0 Å². The Kier molecular flexibility index (Phi) is 5.54. The standard InChI is InChI=1S/C26H37N3O3/c1-24(2,3)32-23(30)29-14-12-28(13-15-29)21-17-27-22(31-21)18-8-9-19-20(16-18)26(6,7)11-10-25(19,4)5/h8-9,16-17H,10-15H2,1-7H3. The molecule has 4 rings (SSSR count). The minimum absolute atomic E-state index is 0.147. The predicted octanol–water partition coefficient (Wildman–Crippen LogP) is 5.75. The van der Waals surface area contributed by atoms with Crippen LogP contribution in [0.3, 0.4) is 0 Å². The second kappa shape index (κ2) is 7.82. The van der Waals surface area contributed by atoms with Crippen LogP contribution < -0.4 is 4.90 Å². The number of rotatable bonds is 2. The van der Waals surface area contributed by atoms with E-state index in [9.17, 15) is 4.79 Å². The summed E-state index contributed by atoms with van der Waals surface area (Å²) in [5.74, 6) is 1.40. The van der Waals surface area contributed by atoms with Gasteiger partial charge in [-0.25, -0.2) is 9.78 Å². The van der Waals surface area contributed by atoms with Crippen molar-refractivity contribution in [2.45, 2.75) is 77.7 Å². The van der Waals surface area contributed by atoms with Crippen molar-refractivity contribution in [3.8, 4) is 11.5 Å². The molecular weight excluding hydrogens is 402 g/mol. The number of ether oxygens (including phenoxy) is 1. The Bertz CT molecular complexity index is 992. The van der Waals surface area contributed by atoms with Gasteiger partial charge in [-0.15, -0.1) is 0 Å². The molecule has 1 amide bonds. The van der Waals surface area contributed by atoms with Gasteiger partial charge < -0.3 is 19.0 Å². The first-order valence-electron chi connectivity index (χ1n) is 11.7. The van der Waals surface area contributed by atoms with Gasteiger partial charge >= 0.3 is 6.09 Å². The van der Waals surface area contributed by atoms with Gasteiger partial charge in [0.25, 0.3) is 0 Å². The zero-order chi connectivity index (χ0) is 23.3. The lowest BCUT2D eigenvalue weighted by atomic mass is 9.63. The third kappa shape index (κ3) is 4.50. The summed E-state index contributed by atoms with van der Waals surface area (Å²) >= 11 is 0. The lowest BCUT2D eigenvalue weighted by Gasteiger charge is -2.42. The molecule has 174 valence electrons. The largest absolute Gasteiger partial charge is 0.444 e. The Morgan fingerprint density at radius 2 is 1.62 bits per heavy atom. The van der Waals surface area contributed by atoms with Gasteiger partial charge in [-0.1, -0.05) is 33.8 Å². The Hall–Kier alpha value is -2.50. The van der Waals surface area contributed by atoms with E-state index in [4.69, 9.17) is 9.15 Å². The number of carbonyl (C=O) groups is 1. The van der Waals surface area contributed by atoms with Crippen LogP contribution in [0.25, 0.3) is 11.5 Å². The maximum atomic E-state index is 12.3. The first kappa shape index (κ1) is 22.7. The molecule has 6 heteroatoms. The summed E-state index contributed by atoms with van der Waals surface area (Å²) in [7, 11) is 0. The summed E-state index contributed by atoms with van der Waals surface area (Å²) in [6, 6.07) is 6.67. The Balaban J connectivity index is 1.48. The minimum atomic E-state index is -0.479. The van der Waals surface area contributed by atoms with Gasteiger partial charge in [-0.2, -0.15) is 0 Å². The topological polar surface area (TPSA) is 58.8 Å². The molecule has 0 radical (unpaired) electrons. The molecule has 0 saturated carbocycles. The van der Waals surface area contributed by atoms with Crippen LogP contribution >= 0.6 is 0 Å². The number of oxazole rings is 1. The van der Waals surface area contributed by atoms with E-state index in [1.807, 2.05) is 20.8 Å². The average molecular weight is 440 g/mol. The van der Waals surface area contributed by atoms with E-state index in [0.29, 0.717) is 32.1 Å². The van der Waals surface area contributed by atoms with Gasteiger partial charge in [0.05, 0.1) is 6.20 Å². The molecule has 0 spiro atoms. The van der Waals surface area contributed by atoms with Gasteiger partial charge in [-0.3, -0.25) is 0 Å². The summed E-state index contributed by atoms with van der Waals surface area (Å²) in [5, 5.41) is 0. The number of hydrogen-bond acceptors (Lipinski definition) is 5. The number of aromatic nitrogens is 1. The van der Waals surface area contributed by atoms with E-state index in [1.165, 1.54) is 24.0 Å². The van der Waals surface area contributed by atoms with Crippen LogP contribution in [0.5, 0.6) is 0 Å². The molecule has 0 atom stereocenters. The number of piperazine rings is 1. The number of carbonyl (C=O) groups excluding carboxylic acids is 1. The molecule has 1 aromatic carbocycles. The fraction of sp³-hybridized carbons (Fsp3) is 0.615. The highest BCUT2D eigenvalue weighted by atomic mass is 16.6. The second-order valence-corrected chi connectivity index (χ2v) is 11.5. The lowest BCUT2D eigenvalue weighted by molar-refractivity contribution is 0.0239. The SMILES string of the molecule is CC(C)(C)OC(=O)N1CCN(c2cnc(-c3ccc4c(c3)C(C)(C)CCC4(C)C)o2)CC1. The molecule has 1 saturated heterocycles. The third-order valence-electron chi connectivity index (χ3n) is 6.84. The van der Waals surface area contributed by atoms with E-state index in [-0.39, 0.29) is 16.9 Å². The Morgan fingerprint density at radius 1 is 1.00 bits per heavy atom. The van der Waals surface area contributed by atoms with Crippen molar-refractivity contribution in [3.63, 3.8) is 0 Å². The van der Waals surface area contributed by atoms with Gasteiger partial charge in [0.1, 0.15) is 5.60 Å². The van der Waals surface area contributed by atoms with Crippen LogP contribution in [0.4, 0.5) is 10.7 Å². The number of amides is 1. The fourth-order valence-electron chi connectivity index (χ4n) is 4.70. The fourth-order valence-corrected chi connectivity index (χ4v) is 4.70. The van der Waals surface area contributed by atoms with E-state index in [0.717, 1.165) is 11.4 Å². The van der Waals surface area contributed by atoms with Crippen molar-refractivity contribution in [2.75, 3.05) is 31.1 Å². The minimum Gasteiger partial charge on any atom is -0.444 e. The molecule has 0 bridgehead atoms. The molecule has 1 aromatic heterocycles. The maximum absolute atomic E-state index is 12.3. The van der Waals surface area contributed by atoms with E-state index >= 15 is 0 Å². The summed E-state index contributed by atoms with van der Waals surface area (Å²) in [4.78, 5) is 20.8.